The lowest BCUT2D eigenvalue weighted by Gasteiger charge is -2.08. The first kappa shape index (κ1) is 14.6. The fraction of sp³-hybridized carbons (Fsp3) is 0.235. The number of benzene rings is 2. The summed E-state index contributed by atoms with van der Waals surface area (Å²) < 4.78 is 0. The molecule has 0 saturated carbocycles. The number of hydrogen-bond donors (Lipinski definition) is 1. The Balaban J connectivity index is 2.25. The molecule has 0 aliphatic carbocycles. The molecule has 0 aliphatic rings. The van der Waals surface area contributed by atoms with Crippen LogP contribution < -0.4 is 5.73 Å². The third-order valence-electron chi connectivity index (χ3n) is 3.31. The monoisotopic (exact) mass is 287 g/mol. The minimum Gasteiger partial charge on any atom is -0.398 e. The minimum absolute atomic E-state index is 0.129. The van der Waals surface area contributed by atoms with E-state index < -0.39 is 0 Å². The van der Waals surface area contributed by atoms with Crippen LogP contribution in [0.1, 0.15) is 41.3 Å². The topological polar surface area (TPSA) is 43.1 Å². The standard InChI is InChI=1S/C17H18ClNO/c1-2-3-5-12-8-10-13(11-9-12)17(20)16-14(18)6-4-7-15(16)19/h4,6-11H,2-3,5,19H2,1H3. The molecule has 0 aliphatic heterocycles. The molecule has 0 aromatic heterocycles. The maximum Gasteiger partial charge on any atom is 0.196 e. The van der Waals surface area contributed by atoms with Gasteiger partial charge in [0, 0.05) is 11.3 Å². The Kier molecular flexibility index (Phi) is 4.80. The number of carbonyl (C=O) groups excluding carboxylic acids is 1. The maximum atomic E-state index is 12.4. The fourth-order valence-corrected chi connectivity index (χ4v) is 2.40. The van der Waals surface area contributed by atoms with E-state index >= 15 is 0 Å². The highest BCUT2D eigenvalue weighted by atomic mass is 35.5. The van der Waals surface area contributed by atoms with Crippen molar-refractivity contribution in [2.24, 2.45) is 0 Å². The number of nitrogens with two attached hydrogens (primary N) is 1. The highest BCUT2D eigenvalue weighted by molar-refractivity contribution is 6.35. The van der Waals surface area contributed by atoms with Gasteiger partial charge in [0.05, 0.1) is 10.6 Å². The fourth-order valence-electron chi connectivity index (χ4n) is 2.13. The Morgan fingerprint density at radius 2 is 1.85 bits per heavy atom. The molecular formula is C17H18ClNO. The van der Waals surface area contributed by atoms with Crippen LogP contribution in [0.5, 0.6) is 0 Å². The zero-order valence-corrected chi connectivity index (χ0v) is 12.3. The number of ketones is 1. The van der Waals surface area contributed by atoms with Crippen LogP contribution in [0.15, 0.2) is 42.5 Å². The van der Waals surface area contributed by atoms with E-state index in [4.69, 9.17) is 17.3 Å². The van der Waals surface area contributed by atoms with Gasteiger partial charge in [-0.05, 0) is 30.5 Å². The average molecular weight is 288 g/mol. The first-order valence-corrected chi connectivity index (χ1v) is 7.19. The molecule has 0 amide bonds. The summed E-state index contributed by atoms with van der Waals surface area (Å²) in [6.45, 7) is 2.16. The Morgan fingerprint density at radius 3 is 2.45 bits per heavy atom. The smallest absolute Gasteiger partial charge is 0.196 e. The number of carbonyl (C=O) groups is 1. The molecule has 3 heteroatoms. The van der Waals surface area contributed by atoms with Crippen LogP contribution in [0.4, 0.5) is 5.69 Å². The summed E-state index contributed by atoms with van der Waals surface area (Å²) >= 11 is 6.07. The van der Waals surface area contributed by atoms with Gasteiger partial charge in [0.1, 0.15) is 0 Å². The number of rotatable bonds is 5. The molecule has 2 rings (SSSR count). The van der Waals surface area contributed by atoms with Crippen molar-refractivity contribution in [3.05, 3.63) is 64.2 Å². The summed E-state index contributed by atoms with van der Waals surface area (Å²) in [5.41, 5.74) is 8.51. The molecule has 104 valence electrons. The number of anilines is 1. The van der Waals surface area contributed by atoms with Gasteiger partial charge < -0.3 is 5.73 Å². The average Bonchev–Trinajstić information content (AvgIpc) is 2.45. The predicted molar refractivity (Wildman–Crippen MR) is 84.4 cm³/mol. The van der Waals surface area contributed by atoms with E-state index in [1.165, 1.54) is 5.56 Å². The van der Waals surface area contributed by atoms with E-state index in [2.05, 4.69) is 6.92 Å². The number of nitrogen functional groups attached to an aromatic ring is 1. The second-order valence-electron chi connectivity index (χ2n) is 4.83. The summed E-state index contributed by atoms with van der Waals surface area (Å²) in [4.78, 5) is 12.4. The van der Waals surface area contributed by atoms with E-state index in [0.29, 0.717) is 21.8 Å². The maximum absolute atomic E-state index is 12.4. The van der Waals surface area contributed by atoms with Gasteiger partial charge in [-0.15, -0.1) is 0 Å². The van der Waals surface area contributed by atoms with Crippen LogP contribution in [0.25, 0.3) is 0 Å². The number of aryl methyl sites for hydroxylation is 1. The molecule has 0 radical (unpaired) electrons. The third-order valence-corrected chi connectivity index (χ3v) is 3.62. The highest BCUT2D eigenvalue weighted by Crippen LogP contribution is 2.25. The van der Waals surface area contributed by atoms with Gasteiger partial charge in [0.15, 0.2) is 5.78 Å². The molecule has 0 unspecified atom stereocenters. The summed E-state index contributed by atoms with van der Waals surface area (Å²) in [6.07, 6.45) is 3.36. The van der Waals surface area contributed by atoms with Crippen molar-refractivity contribution < 1.29 is 4.79 Å². The van der Waals surface area contributed by atoms with Gasteiger partial charge in [-0.25, -0.2) is 0 Å². The second-order valence-corrected chi connectivity index (χ2v) is 5.24. The van der Waals surface area contributed by atoms with E-state index in [1.807, 2.05) is 24.3 Å². The van der Waals surface area contributed by atoms with Crippen LogP contribution >= 0.6 is 11.6 Å². The SMILES string of the molecule is CCCCc1ccc(C(=O)c2c(N)cccc2Cl)cc1. The lowest BCUT2D eigenvalue weighted by molar-refractivity contribution is 0.103. The third kappa shape index (κ3) is 3.20. The van der Waals surface area contributed by atoms with Gasteiger partial charge in [-0.2, -0.15) is 0 Å². The summed E-state index contributed by atoms with van der Waals surface area (Å²) in [6, 6.07) is 12.8. The van der Waals surface area contributed by atoms with Gasteiger partial charge in [-0.1, -0.05) is 55.3 Å². The van der Waals surface area contributed by atoms with Gasteiger partial charge in [-0.3, -0.25) is 4.79 Å². The molecular weight excluding hydrogens is 270 g/mol. The lowest BCUT2D eigenvalue weighted by atomic mass is 9.99. The summed E-state index contributed by atoms with van der Waals surface area (Å²) in [5.74, 6) is -0.129. The molecule has 0 saturated heterocycles. The molecule has 0 bridgehead atoms. The predicted octanol–water partition coefficient (Wildman–Crippen LogP) is 4.50. The van der Waals surface area contributed by atoms with Crippen LogP contribution in [-0.2, 0) is 6.42 Å². The molecule has 0 atom stereocenters. The summed E-state index contributed by atoms with van der Waals surface area (Å²) in [7, 11) is 0. The molecule has 2 aromatic carbocycles. The van der Waals surface area contributed by atoms with E-state index in [-0.39, 0.29) is 5.78 Å². The zero-order valence-electron chi connectivity index (χ0n) is 11.5. The van der Waals surface area contributed by atoms with Crippen molar-refractivity contribution in [3.8, 4) is 0 Å². The van der Waals surface area contributed by atoms with Crippen molar-refractivity contribution in [2.75, 3.05) is 5.73 Å². The first-order chi connectivity index (χ1) is 9.63. The van der Waals surface area contributed by atoms with Crippen LogP contribution in [0.2, 0.25) is 5.02 Å². The molecule has 20 heavy (non-hydrogen) atoms. The number of unbranched alkanes of at least 4 members (excludes halogenated alkanes) is 1. The van der Waals surface area contributed by atoms with Gasteiger partial charge in [0.2, 0.25) is 0 Å². The van der Waals surface area contributed by atoms with Gasteiger partial charge in [0.25, 0.3) is 0 Å². The van der Waals surface area contributed by atoms with Crippen molar-refractivity contribution >= 4 is 23.1 Å². The van der Waals surface area contributed by atoms with Crippen molar-refractivity contribution in [1.29, 1.82) is 0 Å². The molecule has 0 heterocycles. The second kappa shape index (κ2) is 6.58. The van der Waals surface area contributed by atoms with E-state index in [9.17, 15) is 4.79 Å². The molecule has 0 spiro atoms. The molecule has 2 aromatic rings. The van der Waals surface area contributed by atoms with Crippen molar-refractivity contribution in [1.82, 2.24) is 0 Å². The zero-order chi connectivity index (χ0) is 14.5. The highest BCUT2D eigenvalue weighted by Gasteiger charge is 2.15. The van der Waals surface area contributed by atoms with Crippen LogP contribution in [-0.4, -0.2) is 5.78 Å². The van der Waals surface area contributed by atoms with Crippen molar-refractivity contribution in [3.63, 3.8) is 0 Å². The Morgan fingerprint density at radius 1 is 1.15 bits per heavy atom. The van der Waals surface area contributed by atoms with E-state index in [0.717, 1.165) is 19.3 Å². The minimum atomic E-state index is -0.129. The van der Waals surface area contributed by atoms with Gasteiger partial charge >= 0.3 is 0 Å². The Hall–Kier alpha value is -1.80. The van der Waals surface area contributed by atoms with Crippen LogP contribution in [0, 0.1) is 0 Å². The molecule has 0 fully saturated rings. The lowest BCUT2D eigenvalue weighted by Crippen LogP contribution is -2.06. The Bertz CT molecular complexity index is 585. The largest absolute Gasteiger partial charge is 0.398 e. The number of halogens is 1. The van der Waals surface area contributed by atoms with Crippen LogP contribution in [0.3, 0.4) is 0 Å². The van der Waals surface area contributed by atoms with Crippen molar-refractivity contribution in [2.45, 2.75) is 26.2 Å². The molecule has 2 N–H and O–H groups in total. The quantitative estimate of drug-likeness (QED) is 0.650. The normalized spacial score (nSPS) is 10.5. The molecule has 2 nitrogen and oxygen atoms in total. The first-order valence-electron chi connectivity index (χ1n) is 6.81. The Labute approximate surface area is 124 Å². The number of hydrogen-bond acceptors (Lipinski definition) is 2. The van der Waals surface area contributed by atoms with E-state index in [1.54, 1.807) is 18.2 Å². The summed E-state index contributed by atoms with van der Waals surface area (Å²) in [5, 5.41) is 0.394.